The van der Waals surface area contributed by atoms with Crippen LogP contribution in [0.2, 0.25) is 0 Å². The van der Waals surface area contributed by atoms with E-state index in [-0.39, 0.29) is 95.1 Å². The number of aromatic nitrogens is 2. The molecule has 1 aromatic heterocycles. The van der Waals surface area contributed by atoms with Crippen molar-refractivity contribution in [2.24, 2.45) is 0 Å². The number of amides is 2. The summed E-state index contributed by atoms with van der Waals surface area (Å²) in [6.07, 6.45) is 0. The fraction of sp³-hybridized carbons (Fsp3) is 0.462. The second kappa shape index (κ2) is 16.0. The molecule has 0 saturated carbocycles. The topological polar surface area (TPSA) is 196 Å². The number of carbonyl (C=O) groups excluding carboxylic acids is 2. The maximum absolute atomic E-state index is 12.1. The molecule has 0 fully saturated rings. The van der Waals surface area contributed by atoms with Gasteiger partial charge in [-0.2, -0.15) is 0 Å². The third kappa shape index (κ3) is 13.6. The molecule has 0 radical (unpaired) electrons. The Morgan fingerprint density at radius 1 is 1.07 bits per heavy atom. The minimum Gasteiger partial charge on any atom is -0.748 e. The van der Waals surface area contributed by atoms with E-state index in [4.69, 9.17) is 12.6 Å². The van der Waals surface area contributed by atoms with Crippen molar-refractivity contribution < 1.29 is 94.3 Å². The molecule has 2 amide bonds. The Balaban J connectivity index is -0.00000111. The second-order valence-electron chi connectivity index (χ2n) is 5.20. The number of hydrogen-bond donors (Lipinski definition) is 2. The average molecular weight is 483 g/mol. The van der Waals surface area contributed by atoms with E-state index in [2.05, 4.69) is 27.5 Å². The Morgan fingerprint density at radius 2 is 1.53 bits per heavy atom. The summed E-state index contributed by atoms with van der Waals surface area (Å²) in [7, 11) is -4.27. The number of carbonyl (C=O) groups is 2. The van der Waals surface area contributed by atoms with E-state index in [9.17, 15) is 22.6 Å². The molecule has 1 heterocycles. The van der Waals surface area contributed by atoms with Crippen molar-refractivity contribution in [1.82, 2.24) is 20.6 Å². The smallest absolute Gasteiger partial charge is 0.748 e. The van der Waals surface area contributed by atoms with Crippen LogP contribution in [0.4, 0.5) is 5.82 Å². The number of aryl methyl sites for hydroxylation is 1. The van der Waals surface area contributed by atoms with Crippen LogP contribution in [0.3, 0.4) is 0 Å². The van der Waals surface area contributed by atoms with Crippen LogP contribution in [-0.4, -0.2) is 80.3 Å². The van der Waals surface area contributed by atoms with Gasteiger partial charge in [-0.1, -0.05) is 0 Å². The van der Waals surface area contributed by atoms with Gasteiger partial charge in [-0.05, 0) is 6.92 Å². The van der Waals surface area contributed by atoms with Crippen molar-refractivity contribution in [3.63, 3.8) is 0 Å². The van der Waals surface area contributed by atoms with Crippen molar-refractivity contribution in [3.8, 4) is 0 Å². The summed E-state index contributed by atoms with van der Waals surface area (Å²) in [4.78, 5) is 33.9. The van der Waals surface area contributed by atoms with Crippen molar-refractivity contribution >= 4 is 38.4 Å². The van der Waals surface area contributed by atoms with Gasteiger partial charge in [0.25, 0.3) is 11.8 Å². The van der Waals surface area contributed by atoms with E-state index in [0.717, 1.165) is 0 Å². The van der Waals surface area contributed by atoms with E-state index in [1.807, 2.05) is 0 Å². The van der Waals surface area contributed by atoms with Crippen molar-refractivity contribution in [2.75, 3.05) is 37.8 Å². The molecule has 0 aliphatic heterocycles. The Kier molecular flexibility index (Phi) is 18.2. The Hall–Kier alpha value is -0.650. The molecule has 0 atom stereocenters. The monoisotopic (exact) mass is 483 g/mol. The Labute approximate surface area is 220 Å². The van der Waals surface area contributed by atoms with Gasteiger partial charge in [-0.3, -0.25) is 9.59 Å². The first-order valence-corrected chi connectivity index (χ1v) is 9.99. The van der Waals surface area contributed by atoms with Gasteiger partial charge in [0.1, 0.15) is 0 Å². The van der Waals surface area contributed by atoms with Crippen molar-refractivity contribution in [1.29, 1.82) is 0 Å². The van der Waals surface area contributed by atoms with Crippen LogP contribution in [0.5, 0.6) is 0 Å². The normalized spacial score (nSPS) is 9.63. The van der Waals surface area contributed by atoms with E-state index in [1.54, 1.807) is 14.1 Å². The summed E-state index contributed by atoms with van der Waals surface area (Å²) in [5, 5.41) is 4.79. The fourth-order valence-electron chi connectivity index (χ4n) is 1.76. The zero-order valence-electron chi connectivity index (χ0n) is 17.3. The van der Waals surface area contributed by atoms with E-state index in [1.165, 1.54) is 11.8 Å². The quantitative estimate of drug-likeness (QED) is 0.212. The first-order valence-electron chi connectivity index (χ1n) is 7.42. The predicted molar refractivity (Wildman–Crippen MR) is 95.4 cm³/mol. The maximum atomic E-state index is 12.1. The zero-order valence-corrected chi connectivity index (χ0v) is 22.9. The van der Waals surface area contributed by atoms with Crippen LogP contribution in [-0.2, 0) is 20.7 Å². The molecule has 1 aromatic rings. The molecular weight excluding hydrogens is 464 g/mol. The summed E-state index contributed by atoms with van der Waals surface area (Å²) < 4.78 is 57.0. The van der Waals surface area contributed by atoms with Gasteiger partial charge in [-0.15, -0.1) is 19.2 Å². The van der Waals surface area contributed by atoms with Gasteiger partial charge < -0.3 is 27.0 Å². The van der Waals surface area contributed by atoms with E-state index < -0.39 is 38.3 Å². The largest absolute Gasteiger partial charge is 1.00 e. The molecule has 0 unspecified atom stereocenters. The molecule has 0 saturated heterocycles. The van der Waals surface area contributed by atoms with E-state index >= 15 is 0 Å². The molecule has 0 aromatic carbocycles. The van der Waals surface area contributed by atoms with Gasteiger partial charge >= 0.3 is 69.7 Å². The van der Waals surface area contributed by atoms with Crippen LogP contribution >= 0.6 is 0 Å². The number of hydrogen-bond acceptors (Lipinski definition) is 11. The van der Waals surface area contributed by atoms with Crippen LogP contribution in [0.15, 0.2) is 0 Å². The molecule has 0 bridgehead atoms. The van der Waals surface area contributed by atoms with Gasteiger partial charge in [0.2, 0.25) is 0 Å². The number of nitrogens with zero attached hydrogens (tertiary/aromatic N) is 3. The third-order valence-electron chi connectivity index (χ3n) is 2.83. The third-order valence-corrected chi connectivity index (χ3v) is 3.53. The molecule has 30 heavy (non-hydrogen) atoms. The molecule has 0 aliphatic rings. The molecular formula is C13H19N5Na2O8S2. The van der Waals surface area contributed by atoms with Crippen LogP contribution in [0, 0.1) is 13.8 Å². The SMILES string of the molecule is O=S(=O)=O.[CH2-]CNC(=O)c1nc(C)c(C(=O)NCCS(=O)(=O)[O-])nc1N(C)C.[Na+].[Na+]. The zero-order chi connectivity index (χ0) is 22.1. The molecule has 13 nitrogen and oxygen atoms in total. The summed E-state index contributed by atoms with van der Waals surface area (Å²) in [6.45, 7) is 4.83. The van der Waals surface area contributed by atoms with Crippen LogP contribution in [0.1, 0.15) is 26.7 Å². The first-order chi connectivity index (χ1) is 12.8. The van der Waals surface area contributed by atoms with Gasteiger partial charge in [0.15, 0.2) is 17.2 Å². The molecule has 0 aliphatic carbocycles. The maximum Gasteiger partial charge on any atom is 1.00 e. The standard InChI is InChI=1S/C13H20N5O5S.2Na.O3S/c1-5-14-13(20)10-11(18(3)4)17-9(8(2)16-10)12(19)15-6-7-24(21,22)23;;;1-4(2)3/h1,5-7H2,2-4H3,(H,14,20)(H,15,19)(H,21,22,23);;;/q-1;2*+1;/p-1. The van der Waals surface area contributed by atoms with E-state index in [0.29, 0.717) is 0 Å². The Morgan fingerprint density at radius 3 is 1.93 bits per heavy atom. The summed E-state index contributed by atoms with van der Waals surface area (Å²) in [5.41, 5.74) is 0.172. The van der Waals surface area contributed by atoms with Gasteiger partial charge in [0, 0.05) is 20.6 Å². The fourth-order valence-corrected chi connectivity index (χ4v) is 2.11. The molecule has 17 heteroatoms. The van der Waals surface area contributed by atoms with Crippen molar-refractivity contribution in [3.05, 3.63) is 24.0 Å². The minimum atomic E-state index is -4.43. The molecule has 2 N–H and O–H groups in total. The van der Waals surface area contributed by atoms with Crippen LogP contribution in [0.25, 0.3) is 0 Å². The number of anilines is 1. The van der Waals surface area contributed by atoms with Gasteiger partial charge in [0.05, 0.1) is 21.6 Å². The van der Waals surface area contributed by atoms with Crippen LogP contribution < -0.4 is 74.6 Å². The predicted octanol–water partition coefficient (Wildman–Crippen LogP) is -8.31. The first kappa shape index (κ1) is 34.0. The summed E-state index contributed by atoms with van der Waals surface area (Å²) in [5.74, 6) is -1.71. The summed E-state index contributed by atoms with van der Waals surface area (Å²) >= 11 is 0. The summed E-state index contributed by atoms with van der Waals surface area (Å²) in [6, 6.07) is 0. The molecule has 1 rings (SSSR count). The van der Waals surface area contributed by atoms with Gasteiger partial charge in [-0.25, -0.2) is 18.4 Å². The minimum absolute atomic E-state index is 0. The average Bonchev–Trinajstić information content (AvgIpc) is 2.52. The Bertz CT molecular complexity index is 933. The molecule has 158 valence electrons. The molecule has 0 spiro atoms. The van der Waals surface area contributed by atoms with Crippen molar-refractivity contribution in [2.45, 2.75) is 6.92 Å². The number of nitrogens with one attached hydrogen (secondary N) is 2. The second-order valence-corrected chi connectivity index (χ2v) is 7.13. The number of rotatable bonds is 7.